The molecule has 208 valence electrons. The molecule has 1 saturated heterocycles. The number of likely N-dealkylation sites (N-methyl/N-ethyl adjacent to an activating group) is 1. The average Bonchev–Trinajstić information content (AvgIpc) is 3.28. The molecule has 1 aromatic rings. The number of fused-ring (bicyclic) bond motifs is 3. The Labute approximate surface area is 224 Å². The van der Waals surface area contributed by atoms with Crippen LogP contribution in [-0.4, -0.2) is 92.1 Å². The first-order valence-corrected chi connectivity index (χ1v) is 12.9. The first-order valence-electron chi connectivity index (χ1n) is 12.9. The fourth-order valence-electron chi connectivity index (χ4n) is 6.75. The number of phenols is 1. The maximum Gasteiger partial charge on any atom is 0.322 e. The van der Waals surface area contributed by atoms with E-state index in [4.69, 9.17) is 5.73 Å². The van der Waals surface area contributed by atoms with Crippen LogP contribution < -0.4 is 11.1 Å². The molecule has 1 heterocycles. The first-order chi connectivity index (χ1) is 18.3. The minimum absolute atomic E-state index is 0.0118. The number of Topliss-reactive ketones (excluding diaryl/α,β-unsaturated/α-hetero) is 2. The number of nitrogens with two attached hydrogens (primary N) is 1. The number of rotatable bonds is 3. The van der Waals surface area contributed by atoms with Crippen LogP contribution in [0.4, 0.5) is 10.5 Å². The van der Waals surface area contributed by atoms with E-state index in [9.17, 15) is 39.6 Å². The first kappa shape index (κ1) is 26.7. The predicted molar refractivity (Wildman–Crippen MR) is 138 cm³/mol. The molecular weight excluding hydrogens is 508 g/mol. The number of aliphatic hydroxyl groups is 3. The lowest BCUT2D eigenvalue weighted by molar-refractivity contribution is -0.148. The minimum Gasteiger partial charge on any atom is -0.510 e. The molecule has 7 N–H and O–H groups in total. The van der Waals surface area contributed by atoms with Gasteiger partial charge in [0.05, 0.1) is 17.3 Å². The van der Waals surface area contributed by atoms with Crippen molar-refractivity contribution < 1.29 is 39.6 Å². The molecule has 1 fully saturated rings. The van der Waals surface area contributed by atoms with Gasteiger partial charge >= 0.3 is 6.03 Å². The summed E-state index contributed by atoms with van der Waals surface area (Å²) in [6.45, 7) is 2.49. The SMILES string of the molecule is CC1CCCN1C(=O)Nc1ccc2c(c1O)C(=O)C1=C(O)C3(O)C(=O)C(C(N)=O)=C(O)[C@@H](N(C)C)C3CC1C2. The van der Waals surface area contributed by atoms with E-state index in [1.807, 2.05) is 6.92 Å². The van der Waals surface area contributed by atoms with Gasteiger partial charge in [0.1, 0.15) is 17.1 Å². The fourth-order valence-corrected chi connectivity index (χ4v) is 6.75. The Bertz CT molecular complexity index is 1380. The molecule has 0 spiro atoms. The number of amides is 3. The van der Waals surface area contributed by atoms with Crippen LogP contribution >= 0.6 is 0 Å². The normalized spacial score (nSPS) is 30.3. The minimum atomic E-state index is -2.70. The molecule has 0 radical (unpaired) electrons. The van der Waals surface area contributed by atoms with Gasteiger partial charge in [0.25, 0.3) is 5.91 Å². The summed E-state index contributed by atoms with van der Waals surface area (Å²) >= 11 is 0. The quantitative estimate of drug-likeness (QED) is 0.241. The van der Waals surface area contributed by atoms with Crippen molar-refractivity contribution in [1.82, 2.24) is 9.80 Å². The van der Waals surface area contributed by atoms with Crippen LogP contribution in [0, 0.1) is 11.8 Å². The van der Waals surface area contributed by atoms with Gasteiger partial charge in [-0.2, -0.15) is 0 Å². The summed E-state index contributed by atoms with van der Waals surface area (Å²) in [5.74, 6) is -7.13. The highest BCUT2D eigenvalue weighted by molar-refractivity contribution is 6.25. The number of anilines is 1. The molecule has 3 amide bonds. The molecule has 12 nitrogen and oxygen atoms in total. The second kappa shape index (κ2) is 9.09. The van der Waals surface area contributed by atoms with Gasteiger partial charge in [-0.15, -0.1) is 0 Å². The highest BCUT2D eigenvalue weighted by atomic mass is 16.3. The maximum absolute atomic E-state index is 13.8. The maximum atomic E-state index is 13.8. The van der Waals surface area contributed by atoms with Crippen molar-refractivity contribution in [2.75, 3.05) is 26.0 Å². The Morgan fingerprint density at radius 1 is 1.18 bits per heavy atom. The predicted octanol–water partition coefficient (Wildman–Crippen LogP) is 1.14. The third-order valence-electron chi connectivity index (χ3n) is 8.65. The molecule has 39 heavy (non-hydrogen) atoms. The monoisotopic (exact) mass is 540 g/mol. The van der Waals surface area contributed by atoms with Gasteiger partial charge in [-0.25, -0.2) is 4.79 Å². The number of nitrogens with one attached hydrogen (secondary N) is 1. The van der Waals surface area contributed by atoms with Crippen molar-refractivity contribution in [3.05, 3.63) is 45.9 Å². The number of allylic oxidation sites excluding steroid dienone is 1. The van der Waals surface area contributed by atoms with E-state index in [0.29, 0.717) is 12.1 Å². The van der Waals surface area contributed by atoms with Crippen LogP contribution in [0.15, 0.2) is 34.8 Å². The zero-order valence-electron chi connectivity index (χ0n) is 21.9. The lowest BCUT2D eigenvalue weighted by Crippen LogP contribution is -2.63. The average molecular weight is 541 g/mol. The van der Waals surface area contributed by atoms with Gasteiger partial charge < -0.3 is 36.4 Å². The third kappa shape index (κ3) is 3.73. The Morgan fingerprint density at radius 3 is 2.46 bits per heavy atom. The molecule has 0 bridgehead atoms. The molecular formula is C27H32N4O8. The number of urea groups is 1. The second-order valence-electron chi connectivity index (χ2n) is 11.1. The Kier molecular flexibility index (Phi) is 6.22. The zero-order chi connectivity index (χ0) is 28.5. The van der Waals surface area contributed by atoms with Crippen LogP contribution in [0.3, 0.4) is 0 Å². The Hall–Kier alpha value is -3.90. The summed E-state index contributed by atoms with van der Waals surface area (Å²) in [6, 6.07) is 1.69. The lowest BCUT2D eigenvalue weighted by Gasteiger charge is -2.50. The van der Waals surface area contributed by atoms with Gasteiger partial charge in [-0.05, 0) is 64.3 Å². The van der Waals surface area contributed by atoms with Crippen molar-refractivity contribution in [2.45, 2.75) is 50.3 Å². The number of carbonyl (C=O) groups excluding carboxylic acids is 4. The number of phenolic OH excluding ortho intramolecular Hbond substituents is 1. The highest BCUT2D eigenvalue weighted by Crippen LogP contribution is 2.52. The number of carbonyl (C=O) groups is 4. The standard InChI is InChI=1S/C27H32N4O8/c1-11-5-4-8-31(11)26(38)29-15-7-6-12-9-13-10-14-19(30(2)3)22(34)18(25(28)37)24(36)27(14,39)23(35)17(13)21(33)16(12)20(15)32/h6-7,11,13-14,19,32,34-35,39H,4-5,8-10H2,1-3H3,(H2,28,37)(H,29,38)/t11?,13?,14?,19-,27?/m0/s1. The molecule has 1 aromatic carbocycles. The van der Waals surface area contributed by atoms with Crippen molar-refractivity contribution in [3.8, 4) is 5.75 Å². The van der Waals surface area contributed by atoms with Crippen molar-refractivity contribution in [1.29, 1.82) is 0 Å². The van der Waals surface area contributed by atoms with Gasteiger partial charge in [0.15, 0.2) is 17.1 Å². The highest BCUT2D eigenvalue weighted by Gasteiger charge is 2.63. The van der Waals surface area contributed by atoms with E-state index in [2.05, 4.69) is 5.32 Å². The number of likely N-dealkylation sites (tertiary alicyclic amines) is 1. The van der Waals surface area contributed by atoms with Crippen LogP contribution in [0.25, 0.3) is 0 Å². The Morgan fingerprint density at radius 2 is 1.87 bits per heavy atom. The molecule has 12 heteroatoms. The molecule has 3 aliphatic carbocycles. The number of hydrogen-bond donors (Lipinski definition) is 6. The number of nitrogens with zero attached hydrogens (tertiary/aromatic N) is 2. The molecule has 0 aromatic heterocycles. The van der Waals surface area contributed by atoms with Crippen molar-refractivity contribution in [3.63, 3.8) is 0 Å². The van der Waals surface area contributed by atoms with Crippen LogP contribution in [0.5, 0.6) is 5.75 Å². The number of aliphatic hydroxyl groups excluding tert-OH is 2. The van der Waals surface area contributed by atoms with Gasteiger partial charge in [0, 0.05) is 24.1 Å². The van der Waals surface area contributed by atoms with E-state index >= 15 is 0 Å². The number of primary amides is 1. The zero-order valence-corrected chi connectivity index (χ0v) is 21.9. The van der Waals surface area contributed by atoms with E-state index in [-0.39, 0.29) is 35.7 Å². The summed E-state index contributed by atoms with van der Waals surface area (Å²) in [5.41, 5.74) is 1.88. The Balaban J connectivity index is 1.58. The summed E-state index contributed by atoms with van der Waals surface area (Å²) in [6.07, 6.45) is 1.91. The topological polar surface area (TPSA) is 194 Å². The number of hydrogen-bond acceptors (Lipinski definition) is 9. The van der Waals surface area contributed by atoms with E-state index in [1.54, 1.807) is 25.1 Å². The second-order valence-corrected chi connectivity index (χ2v) is 11.1. The summed E-state index contributed by atoms with van der Waals surface area (Å²) in [7, 11) is 3.15. The summed E-state index contributed by atoms with van der Waals surface area (Å²) < 4.78 is 0. The molecule has 5 atom stereocenters. The van der Waals surface area contributed by atoms with Crippen molar-refractivity contribution in [2.24, 2.45) is 17.6 Å². The largest absolute Gasteiger partial charge is 0.510 e. The van der Waals surface area contributed by atoms with Crippen molar-refractivity contribution >= 4 is 29.2 Å². The van der Waals surface area contributed by atoms with Gasteiger partial charge in [-0.3, -0.25) is 19.3 Å². The molecule has 5 rings (SSSR count). The summed E-state index contributed by atoms with van der Waals surface area (Å²) in [4.78, 5) is 55.1. The lowest BCUT2D eigenvalue weighted by atomic mass is 9.58. The smallest absolute Gasteiger partial charge is 0.322 e. The van der Waals surface area contributed by atoms with Crippen LogP contribution in [0.1, 0.15) is 42.1 Å². The summed E-state index contributed by atoms with van der Waals surface area (Å²) in [5, 5.41) is 47.5. The fraction of sp³-hybridized carbons (Fsp3) is 0.481. The molecule has 0 saturated carbocycles. The number of ketones is 2. The third-order valence-corrected chi connectivity index (χ3v) is 8.65. The number of aromatic hydroxyl groups is 1. The van der Waals surface area contributed by atoms with Gasteiger partial charge in [0.2, 0.25) is 5.78 Å². The van der Waals surface area contributed by atoms with E-state index < -0.39 is 69.8 Å². The van der Waals surface area contributed by atoms with Crippen LogP contribution in [-0.2, 0) is 16.0 Å². The molecule has 4 unspecified atom stereocenters. The van der Waals surface area contributed by atoms with Crippen LogP contribution in [0.2, 0.25) is 0 Å². The van der Waals surface area contributed by atoms with Gasteiger partial charge in [-0.1, -0.05) is 6.07 Å². The van der Waals surface area contributed by atoms with E-state index in [0.717, 1.165) is 12.8 Å². The molecule has 1 aliphatic heterocycles. The number of benzene rings is 1. The molecule has 4 aliphatic rings. The van der Waals surface area contributed by atoms with E-state index in [1.165, 1.54) is 11.0 Å².